The third kappa shape index (κ3) is 8.22. The van der Waals surface area contributed by atoms with Crippen molar-refractivity contribution in [2.45, 2.75) is 122 Å². The van der Waals surface area contributed by atoms with Gasteiger partial charge in [0, 0.05) is 0 Å². The number of nitrogens with one attached hydrogen (secondary N) is 3. The Morgan fingerprint density at radius 3 is 1.85 bits per heavy atom. The molecule has 20 atom stereocenters. The van der Waals surface area contributed by atoms with Gasteiger partial charge in [0.05, 0.1) is 38.5 Å². The first-order valence-corrected chi connectivity index (χ1v) is 16.2. The first-order valence-electron chi connectivity index (χ1n) is 16.2. The van der Waals surface area contributed by atoms with Crippen molar-refractivity contribution in [1.82, 2.24) is 10.6 Å². The van der Waals surface area contributed by atoms with E-state index in [1.54, 1.807) is 0 Å². The summed E-state index contributed by atoms with van der Waals surface area (Å²) < 4.78 is 34.6. The van der Waals surface area contributed by atoms with Gasteiger partial charge in [0.2, 0.25) is 0 Å². The molecule has 3 saturated heterocycles. The van der Waals surface area contributed by atoms with Crippen LogP contribution in [0.4, 0.5) is 0 Å². The molecule has 0 spiro atoms. The Balaban J connectivity index is 1.62. The van der Waals surface area contributed by atoms with Gasteiger partial charge in [0.25, 0.3) is 0 Å². The van der Waals surface area contributed by atoms with Crippen LogP contribution < -0.4 is 27.8 Å². The first kappa shape index (κ1) is 42.5. The summed E-state index contributed by atoms with van der Waals surface area (Å²) in [5.41, 5.74) is 13.8. The number of hydrogen-bond donors (Lipinski definition) is 18. The topological polar surface area (TPSA) is 436 Å². The lowest BCUT2D eigenvalue weighted by Crippen LogP contribution is -2.70. The molecule has 0 bridgehead atoms. The van der Waals surface area contributed by atoms with Crippen molar-refractivity contribution < 1.29 is 89.7 Å². The highest BCUT2D eigenvalue weighted by atomic mass is 16.8. The number of ether oxygens (including phenoxy) is 6. The van der Waals surface area contributed by atoms with Crippen molar-refractivity contribution in [2.24, 2.45) is 22.2 Å². The van der Waals surface area contributed by atoms with Crippen molar-refractivity contribution in [3.63, 3.8) is 0 Å². The van der Waals surface area contributed by atoms with E-state index >= 15 is 0 Å². The maximum atomic E-state index is 11.6. The van der Waals surface area contributed by atoms with Crippen molar-refractivity contribution in [3.05, 3.63) is 0 Å². The Kier molecular flexibility index (Phi) is 14.3. The molecule has 1 aliphatic carbocycles. The van der Waals surface area contributed by atoms with Crippen LogP contribution in [0.5, 0.6) is 0 Å². The average Bonchev–Trinajstić information content (AvgIpc) is 3.37. The molecule has 0 aromatic rings. The maximum absolute atomic E-state index is 11.6. The maximum Gasteiger partial charge on any atom is 0.188 e. The summed E-state index contributed by atoms with van der Waals surface area (Å²) in [5, 5.41) is 140. The fourth-order valence-corrected chi connectivity index (χ4v) is 6.80. The molecular formula is C27H51N7O18. The van der Waals surface area contributed by atoms with Crippen LogP contribution in [0, 0.1) is 5.41 Å². The number of hydrogen-bond acceptors (Lipinski definition) is 21. The first-order chi connectivity index (χ1) is 24.5. The predicted octanol–water partition coefficient (Wildman–Crippen LogP) is -11.4. The second-order valence-electron chi connectivity index (χ2n) is 12.9. The zero-order valence-corrected chi connectivity index (χ0v) is 27.8. The van der Waals surface area contributed by atoms with Gasteiger partial charge in [-0.05, 0) is 7.05 Å². The van der Waals surface area contributed by atoms with Gasteiger partial charge in [0.1, 0.15) is 91.0 Å². The van der Waals surface area contributed by atoms with Crippen molar-refractivity contribution in [3.8, 4) is 0 Å². The largest absolute Gasteiger partial charge is 0.394 e. The third-order valence-electron chi connectivity index (χ3n) is 9.64. The van der Waals surface area contributed by atoms with Crippen LogP contribution in [-0.4, -0.2) is 229 Å². The number of likely N-dealkylation sites (N-methyl/N-ethyl adjacent to an activating group) is 1. The SMILES string of the molecule is CN[C@@H]1[C@H](O[C@H]2[C@H](O[C@H]3[C@H](O)[C@@H](O)[C@H](N=C(N)N)[C@@H](O)[C@@H]3NC(=N)N)O[C@@H](CO)[C@]2(O)CO)O[C@@H](CO)[C@H](O[C@@H]2O[C@H](CO)[C@@H](O)[C@H](O)[C@@H]2O)[C@H]1O. The van der Waals surface area contributed by atoms with E-state index in [1.807, 2.05) is 0 Å². The van der Waals surface area contributed by atoms with E-state index in [4.69, 9.17) is 51.0 Å². The molecule has 3 aliphatic heterocycles. The number of aliphatic hydroxyl groups excluding tert-OH is 11. The van der Waals surface area contributed by atoms with Gasteiger partial charge in [0.15, 0.2) is 30.8 Å². The van der Waals surface area contributed by atoms with E-state index < -0.39 is 160 Å². The normalized spacial score (nSPS) is 48.3. The minimum absolute atomic E-state index is 0.557. The van der Waals surface area contributed by atoms with Crippen LogP contribution in [0.1, 0.15) is 0 Å². The summed E-state index contributed by atoms with van der Waals surface area (Å²) >= 11 is 0. The third-order valence-corrected chi connectivity index (χ3v) is 9.64. The lowest BCUT2D eigenvalue weighted by Gasteiger charge is -2.48. The number of guanidine groups is 2. The van der Waals surface area contributed by atoms with Crippen LogP contribution in [0.15, 0.2) is 4.99 Å². The Labute approximate surface area is 295 Å². The fourth-order valence-electron chi connectivity index (χ4n) is 6.80. The molecule has 3 heterocycles. The van der Waals surface area contributed by atoms with Gasteiger partial charge in [-0.1, -0.05) is 0 Å². The molecular weight excluding hydrogens is 710 g/mol. The Bertz CT molecular complexity index is 1210. The van der Waals surface area contributed by atoms with Crippen LogP contribution in [0.3, 0.4) is 0 Å². The molecule has 302 valence electrons. The highest BCUT2D eigenvalue weighted by Gasteiger charge is 2.62. The summed E-state index contributed by atoms with van der Waals surface area (Å²) in [7, 11) is 1.35. The van der Waals surface area contributed by atoms with E-state index in [0.29, 0.717) is 0 Å². The zero-order chi connectivity index (χ0) is 38.8. The summed E-state index contributed by atoms with van der Waals surface area (Å²) in [5.74, 6) is -1.28. The molecule has 25 heteroatoms. The van der Waals surface area contributed by atoms with E-state index in [0.717, 1.165) is 0 Å². The summed E-state index contributed by atoms with van der Waals surface area (Å²) in [6.07, 6.45) is -27.8. The van der Waals surface area contributed by atoms with Crippen molar-refractivity contribution in [2.75, 3.05) is 33.5 Å². The van der Waals surface area contributed by atoms with Gasteiger partial charge < -0.3 is 118 Å². The quantitative estimate of drug-likeness (QED) is 0.0612. The van der Waals surface area contributed by atoms with E-state index in [9.17, 15) is 61.3 Å². The molecule has 1 saturated carbocycles. The Morgan fingerprint density at radius 2 is 1.31 bits per heavy atom. The molecule has 0 aromatic heterocycles. The lowest BCUT2D eigenvalue weighted by molar-refractivity contribution is -0.358. The predicted molar refractivity (Wildman–Crippen MR) is 167 cm³/mol. The van der Waals surface area contributed by atoms with Crippen molar-refractivity contribution >= 4 is 11.9 Å². The van der Waals surface area contributed by atoms with Gasteiger partial charge in [-0.25, -0.2) is 4.99 Å². The molecule has 25 nitrogen and oxygen atoms in total. The molecule has 0 unspecified atom stereocenters. The zero-order valence-electron chi connectivity index (χ0n) is 27.8. The van der Waals surface area contributed by atoms with Gasteiger partial charge in [-0.3, -0.25) is 5.41 Å². The molecule has 0 amide bonds. The average molecular weight is 762 g/mol. The summed E-state index contributed by atoms with van der Waals surface area (Å²) in [6, 6.07) is -4.43. The molecule has 0 aromatic carbocycles. The highest BCUT2D eigenvalue weighted by Crippen LogP contribution is 2.39. The van der Waals surface area contributed by atoms with Crippen LogP contribution in [0.2, 0.25) is 0 Å². The monoisotopic (exact) mass is 761 g/mol. The Morgan fingerprint density at radius 1 is 0.692 bits per heavy atom. The smallest absolute Gasteiger partial charge is 0.188 e. The number of aliphatic imine (C=N–C) groups is 1. The lowest BCUT2D eigenvalue weighted by atomic mass is 9.81. The standard InChI is InChI=1S/C27H51N7O18/c1-32-11-15(42)19(50-23-18(45)16(43)12(39)6(2-35)47-23)7(3-36)48-22(11)52-21-24(49-8(4-37)27(21,46)5-38)51-20-10(34-26(30)31)13(40)9(33-25(28)29)14(41)17(20)44/h6-24,32,35-46H,2-5H2,1H3,(H4,28,29,33)(H4,30,31,34)/t6-,7+,8+,9-,10+,11+,12-,13-,14+,15+,16+,17-,18+,19+,20-,21+,22+,23+,24+,27-/m1/s1. The molecule has 0 radical (unpaired) electrons. The minimum Gasteiger partial charge on any atom is -0.394 e. The molecule has 4 fully saturated rings. The minimum atomic E-state index is -2.51. The number of rotatable bonds is 13. The number of nitrogens with zero attached hydrogens (tertiary/aromatic N) is 1. The second-order valence-corrected chi connectivity index (χ2v) is 12.9. The molecule has 4 aliphatic rings. The highest BCUT2D eigenvalue weighted by molar-refractivity contribution is 5.76. The van der Waals surface area contributed by atoms with E-state index in [-0.39, 0.29) is 0 Å². The fraction of sp³-hybridized carbons (Fsp3) is 0.926. The number of nitrogens with two attached hydrogens (primary N) is 3. The van der Waals surface area contributed by atoms with E-state index in [1.165, 1.54) is 7.05 Å². The van der Waals surface area contributed by atoms with E-state index in [2.05, 4.69) is 15.6 Å². The summed E-state index contributed by atoms with van der Waals surface area (Å²) in [4.78, 5) is 3.74. The van der Waals surface area contributed by atoms with Crippen LogP contribution in [-0.2, 0) is 28.4 Å². The van der Waals surface area contributed by atoms with Crippen molar-refractivity contribution in [1.29, 1.82) is 5.41 Å². The van der Waals surface area contributed by atoms with Crippen LogP contribution >= 0.6 is 0 Å². The van der Waals surface area contributed by atoms with Gasteiger partial charge in [-0.2, -0.15) is 0 Å². The second kappa shape index (κ2) is 17.5. The van der Waals surface area contributed by atoms with Gasteiger partial charge in [-0.15, -0.1) is 0 Å². The molecule has 52 heavy (non-hydrogen) atoms. The summed E-state index contributed by atoms with van der Waals surface area (Å²) in [6.45, 7) is -3.73. The molecule has 4 rings (SSSR count). The Hall–Kier alpha value is -2.22. The number of aliphatic hydroxyl groups is 12. The van der Waals surface area contributed by atoms with Crippen LogP contribution in [0.25, 0.3) is 0 Å². The van der Waals surface area contributed by atoms with Gasteiger partial charge >= 0.3 is 0 Å². The molecule has 21 N–H and O–H groups in total.